The van der Waals surface area contributed by atoms with Crippen LogP contribution >= 0.6 is 0 Å². The molecule has 0 aliphatic heterocycles. The molecule has 0 aliphatic carbocycles. The highest BCUT2D eigenvalue weighted by Crippen LogP contribution is 2.25. The average molecular weight is 291 g/mol. The molecule has 0 fully saturated rings. The second kappa shape index (κ2) is 5.60. The Hall–Kier alpha value is -1.92. The minimum Gasteiger partial charge on any atom is -0.398 e. The van der Waals surface area contributed by atoms with Crippen molar-refractivity contribution in [1.82, 2.24) is 9.29 Å². The summed E-state index contributed by atoms with van der Waals surface area (Å²) in [7, 11) is -2.11. The molecule has 2 rings (SSSR count). The van der Waals surface area contributed by atoms with Gasteiger partial charge in [-0.15, -0.1) is 0 Å². The maximum Gasteiger partial charge on any atom is 0.245 e. The van der Waals surface area contributed by atoms with Gasteiger partial charge in [-0.3, -0.25) is 4.98 Å². The number of hydrogen-bond acceptors (Lipinski definition) is 4. The molecule has 0 spiro atoms. The van der Waals surface area contributed by atoms with E-state index in [1.54, 1.807) is 43.5 Å². The van der Waals surface area contributed by atoms with Crippen molar-refractivity contribution in [3.63, 3.8) is 0 Å². The Morgan fingerprint density at radius 3 is 2.55 bits per heavy atom. The summed E-state index contributed by atoms with van der Waals surface area (Å²) in [6.45, 7) is 1.94. The van der Waals surface area contributed by atoms with Crippen LogP contribution in [0.3, 0.4) is 0 Å². The predicted octanol–water partition coefficient (Wildman–Crippen LogP) is 1.79. The molecule has 1 aromatic heterocycles. The molecule has 6 heteroatoms. The molecular formula is C14H17N3O2S. The largest absolute Gasteiger partial charge is 0.398 e. The zero-order valence-corrected chi connectivity index (χ0v) is 12.3. The first-order valence-corrected chi connectivity index (χ1v) is 7.58. The highest BCUT2D eigenvalue weighted by molar-refractivity contribution is 7.89. The summed E-state index contributed by atoms with van der Waals surface area (Å²) >= 11 is 0. The maximum absolute atomic E-state index is 12.6. The van der Waals surface area contributed by atoms with E-state index in [9.17, 15) is 8.42 Å². The number of rotatable bonds is 4. The van der Waals surface area contributed by atoms with Gasteiger partial charge in [0.15, 0.2) is 0 Å². The molecule has 1 aromatic carbocycles. The van der Waals surface area contributed by atoms with Crippen LogP contribution in [0.5, 0.6) is 0 Å². The third kappa shape index (κ3) is 2.81. The van der Waals surface area contributed by atoms with Crippen LogP contribution in [0.15, 0.2) is 47.5 Å². The maximum atomic E-state index is 12.6. The fourth-order valence-electron chi connectivity index (χ4n) is 1.99. The first-order chi connectivity index (χ1) is 9.43. The summed E-state index contributed by atoms with van der Waals surface area (Å²) in [5, 5.41) is 0. The lowest BCUT2D eigenvalue weighted by Gasteiger charge is -2.19. The second-order valence-electron chi connectivity index (χ2n) is 4.58. The Labute approximate surface area is 119 Å². The Morgan fingerprint density at radius 1 is 1.20 bits per heavy atom. The van der Waals surface area contributed by atoms with Gasteiger partial charge in [-0.25, -0.2) is 8.42 Å². The van der Waals surface area contributed by atoms with Gasteiger partial charge in [0.2, 0.25) is 10.0 Å². The van der Waals surface area contributed by atoms with Crippen LogP contribution in [-0.4, -0.2) is 24.8 Å². The van der Waals surface area contributed by atoms with Gasteiger partial charge in [0, 0.05) is 13.2 Å². The molecular weight excluding hydrogens is 274 g/mol. The lowest BCUT2D eigenvalue weighted by atomic mass is 10.2. The van der Waals surface area contributed by atoms with Crippen LogP contribution < -0.4 is 5.73 Å². The van der Waals surface area contributed by atoms with E-state index in [1.807, 2.05) is 6.07 Å². The van der Waals surface area contributed by atoms with E-state index in [1.165, 1.54) is 11.4 Å². The Kier molecular flexibility index (Phi) is 4.06. The van der Waals surface area contributed by atoms with Crippen molar-refractivity contribution < 1.29 is 8.42 Å². The molecule has 20 heavy (non-hydrogen) atoms. The molecule has 0 aliphatic rings. The fourth-order valence-corrected chi connectivity index (χ4v) is 3.44. The molecule has 1 heterocycles. The molecule has 2 aromatic rings. The number of nitrogen functional groups attached to an aromatic ring is 1. The van der Waals surface area contributed by atoms with Crippen LogP contribution in [0, 0.1) is 6.92 Å². The highest BCUT2D eigenvalue weighted by atomic mass is 32.2. The van der Waals surface area contributed by atoms with Crippen LogP contribution in [0.2, 0.25) is 0 Å². The quantitative estimate of drug-likeness (QED) is 0.871. The van der Waals surface area contributed by atoms with Crippen molar-refractivity contribution in [3.8, 4) is 0 Å². The van der Waals surface area contributed by atoms with Crippen LogP contribution in [0.1, 0.15) is 11.3 Å². The number of sulfonamides is 1. The number of anilines is 1. The first-order valence-electron chi connectivity index (χ1n) is 6.14. The van der Waals surface area contributed by atoms with Crippen LogP contribution in [0.25, 0.3) is 0 Å². The van der Waals surface area contributed by atoms with Gasteiger partial charge in [-0.2, -0.15) is 4.31 Å². The van der Waals surface area contributed by atoms with Gasteiger partial charge in [-0.1, -0.05) is 18.2 Å². The minimum atomic E-state index is -3.63. The predicted molar refractivity (Wildman–Crippen MR) is 78.5 cm³/mol. The van der Waals surface area contributed by atoms with Gasteiger partial charge in [-0.05, 0) is 30.7 Å². The van der Waals surface area contributed by atoms with Gasteiger partial charge < -0.3 is 5.73 Å². The van der Waals surface area contributed by atoms with Crippen molar-refractivity contribution in [3.05, 3.63) is 53.9 Å². The summed E-state index contributed by atoms with van der Waals surface area (Å²) in [6.07, 6.45) is 1.64. The molecule has 0 radical (unpaired) electrons. The van der Waals surface area contributed by atoms with Crippen LogP contribution in [-0.2, 0) is 16.6 Å². The van der Waals surface area contributed by atoms with E-state index in [0.717, 1.165) is 0 Å². The standard InChI is InChI=1S/C14H17N3O2S/c1-11-6-5-8-13(15)14(11)20(18,19)17(2)10-12-7-3-4-9-16-12/h3-9H,10,15H2,1-2H3. The molecule has 0 saturated carbocycles. The number of nitrogens with zero attached hydrogens (tertiary/aromatic N) is 2. The topological polar surface area (TPSA) is 76.3 Å². The SMILES string of the molecule is Cc1cccc(N)c1S(=O)(=O)N(C)Cc1ccccn1. The molecule has 0 amide bonds. The van der Waals surface area contributed by atoms with Gasteiger partial charge in [0.1, 0.15) is 4.90 Å². The number of aromatic nitrogens is 1. The van der Waals surface area contributed by atoms with Crippen LogP contribution in [0.4, 0.5) is 5.69 Å². The molecule has 0 saturated heterocycles. The number of benzene rings is 1. The van der Waals surface area contributed by atoms with Crippen molar-refractivity contribution in [2.75, 3.05) is 12.8 Å². The zero-order chi connectivity index (χ0) is 14.8. The molecule has 106 valence electrons. The zero-order valence-electron chi connectivity index (χ0n) is 11.4. The van der Waals surface area contributed by atoms with E-state index < -0.39 is 10.0 Å². The number of aryl methyl sites for hydroxylation is 1. The van der Waals surface area contributed by atoms with Gasteiger partial charge in [0.05, 0.1) is 17.9 Å². The first kappa shape index (κ1) is 14.5. The third-order valence-electron chi connectivity index (χ3n) is 3.02. The van der Waals surface area contributed by atoms with E-state index in [0.29, 0.717) is 11.3 Å². The van der Waals surface area contributed by atoms with Crippen molar-refractivity contribution >= 4 is 15.7 Å². The van der Waals surface area contributed by atoms with Gasteiger partial charge in [0.25, 0.3) is 0 Å². The molecule has 5 nitrogen and oxygen atoms in total. The molecule has 0 bridgehead atoms. The highest BCUT2D eigenvalue weighted by Gasteiger charge is 2.25. The Bertz CT molecular complexity index is 679. The molecule has 0 atom stereocenters. The number of nitrogens with two attached hydrogens (primary N) is 1. The second-order valence-corrected chi connectivity index (χ2v) is 6.56. The monoisotopic (exact) mass is 291 g/mol. The number of pyridine rings is 1. The Morgan fingerprint density at radius 2 is 1.95 bits per heavy atom. The van der Waals surface area contributed by atoms with Gasteiger partial charge >= 0.3 is 0 Å². The summed E-state index contributed by atoms with van der Waals surface area (Å²) in [4.78, 5) is 4.30. The lowest BCUT2D eigenvalue weighted by Crippen LogP contribution is -2.28. The molecule has 0 unspecified atom stereocenters. The smallest absolute Gasteiger partial charge is 0.245 e. The summed E-state index contributed by atoms with van der Waals surface area (Å²) in [6, 6.07) is 10.5. The van der Waals surface area contributed by atoms with Crippen molar-refractivity contribution in [1.29, 1.82) is 0 Å². The summed E-state index contributed by atoms with van der Waals surface area (Å²) in [5.41, 5.74) is 7.40. The van der Waals surface area contributed by atoms with E-state index >= 15 is 0 Å². The minimum absolute atomic E-state index is 0.165. The normalized spacial score (nSPS) is 11.8. The summed E-state index contributed by atoms with van der Waals surface area (Å²) in [5.74, 6) is 0. The Balaban J connectivity index is 2.35. The fraction of sp³-hybridized carbons (Fsp3) is 0.214. The number of hydrogen-bond donors (Lipinski definition) is 1. The average Bonchev–Trinajstić information content (AvgIpc) is 2.39. The summed E-state index contributed by atoms with van der Waals surface area (Å²) < 4.78 is 26.5. The lowest BCUT2D eigenvalue weighted by molar-refractivity contribution is 0.462. The molecule has 2 N–H and O–H groups in total. The third-order valence-corrected chi connectivity index (χ3v) is 5.04. The van der Waals surface area contributed by atoms with E-state index in [2.05, 4.69) is 4.98 Å². The van der Waals surface area contributed by atoms with E-state index in [4.69, 9.17) is 5.73 Å². The van der Waals surface area contributed by atoms with Crippen molar-refractivity contribution in [2.24, 2.45) is 0 Å². The van der Waals surface area contributed by atoms with Crippen molar-refractivity contribution in [2.45, 2.75) is 18.4 Å². The van der Waals surface area contributed by atoms with E-state index in [-0.39, 0.29) is 17.1 Å².